The first-order chi connectivity index (χ1) is 9.67. The van der Waals surface area contributed by atoms with Gasteiger partial charge >= 0.3 is 12.4 Å². The van der Waals surface area contributed by atoms with Crippen molar-refractivity contribution in [3.63, 3.8) is 0 Å². The van der Waals surface area contributed by atoms with Crippen LogP contribution in [0.1, 0.15) is 18.4 Å². The average molecular weight is 313 g/mol. The molecule has 1 saturated heterocycles. The second-order valence-corrected chi connectivity index (χ2v) is 4.78. The summed E-state index contributed by atoms with van der Waals surface area (Å²) in [5.41, 5.74) is -0.838. The van der Waals surface area contributed by atoms with E-state index >= 15 is 0 Å². The van der Waals surface area contributed by atoms with E-state index in [0.29, 0.717) is 13.1 Å². The molecule has 8 heteroatoms. The highest BCUT2D eigenvalue weighted by Gasteiger charge is 2.33. The molecular weight excluding hydrogens is 300 g/mol. The zero-order valence-corrected chi connectivity index (χ0v) is 10.9. The maximum atomic E-state index is 12.7. The van der Waals surface area contributed by atoms with Gasteiger partial charge in [0.15, 0.2) is 6.61 Å². The molecule has 0 saturated carbocycles. The molecule has 0 unspecified atom stereocenters. The summed E-state index contributed by atoms with van der Waals surface area (Å²) >= 11 is 0. The Morgan fingerprint density at radius 2 is 1.62 bits per heavy atom. The maximum Gasteiger partial charge on any atom is 0.422 e. The summed E-state index contributed by atoms with van der Waals surface area (Å²) in [6, 6.07) is 2.52. The van der Waals surface area contributed by atoms with E-state index in [0.717, 1.165) is 31.0 Å². The molecular formula is C13H13F6NO. The highest BCUT2D eigenvalue weighted by molar-refractivity contribution is 5.61. The van der Waals surface area contributed by atoms with Crippen LogP contribution in [-0.4, -0.2) is 25.9 Å². The summed E-state index contributed by atoms with van der Waals surface area (Å²) in [5, 5.41) is 0. The van der Waals surface area contributed by atoms with Crippen LogP contribution in [-0.2, 0) is 6.18 Å². The quantitative estimate of drug-likeness (QED) is 0.774. The first kappa shape index (κ1) is 15.8. The zero-order valence-electron chi connectivity index (χ0n) is 10.9. The first-order valence-electron chi connectivity index (χ1n) is 6.32. The number of hydrogen-bond acceptors (Lipinski definition) is 2. The van der Waals surface area contributed by atoms with Crippen LogP contribution in [0, 0.1) is 0 Å². The first-order valence-corrected chi connectivity index (χ1v) is 6.32. The van der Waals surface area contributed by atoms with Crippen molar-refractivity contribution in [2.45, 2.75) is 25.2 Å². The monoisotopic (exact) mass is 313 g/mol. The number of anilines is 1. The molecule has 1 aromatic carbocycles. The number of nitrogens with zero attached hydrogens (tertiary/aromatic N) is 1. The highest BCUT2D eigenvalue weighted by atomic mass is 19.4. The van der Waals surface area contributed by atoms with E-state index in [2.05, 4.69) is 4.74 Å². The number of ether oxygens (including phenoxy) is 1. The van der Waals surface area contributed by atoms with Crippen molar-refractivity contribution in [2.75, 3.05) is 24.6 Å². The molecule has 2 nitrogen and oxygen atoms in total. The second-order valence-electron chi connectivity index (χ2n) is 4.78. The molecule has 0 aromatic heterocycles. The summed E-state index contributed by atoms with van der Waals surface area (Å²) in [7, 11) is 0. The molecule has 2 rings (SSSR count). The normalized spacial score (nSPS) is 16.4. The van der Waals surface area contributed by atoms with Gasteiger partial charge < -0.3 is 9.64 Å². The fourth-order valence-electron chi connectivity index (χ4n) is 2.18. The number of benzene rings is 1. The fraction of sp³-hybridized carbons (Fsp3) is 0.538. The smallest absolute Gasteiger partial charge is 0.422 e. The van der Waals surface area contributed by atoms with Crippen LogP contribution in [0.3, 0.4) is 0 Å². The summed E-state index contributed by atoms with van der Waals surface area (Å²) in [6.45, 7) is -0.521. The molecule has 21 heavy (non-hydrogen) atoms. The molecule has 0 spiro atoms. The van der Waals surface area contributed by atoms with E-state index in [9.17, 15) is 26.3 Å². The number of alkyl halides is 6. The van der Waals surface area contributed by atoms with Crippen LogP contribution in [0.4, 0.5) is 32.0 Å². The predicted octanol–water partition coefficient (Wildman–Crippen LogP) is 4.25. The van der Waals surface area contributed by atoms with Gasteiger partial charge in [-0.05, 0) is 31.0 Å². The molecule has 1 fully saturated rings. The minimum atomic E-state index is -4.54. The third-order valence-corrected chi connectivity index (χ3v) is 3.12. The van der Waals surface area contributed by atoms with Gasteiger partial charge in [0.2, 0.25) is 0 Å². The zero-order chi connectivity index (χ0) is 15.7. The molecule has 0 N–H and O–H groups in total. The Morgan fingerprint density at radius 3 is 2.14 bits per heavy atom. The Balaban J connectivity index is 2.30. The van der Waals surface area contributed by atoms with Crippen molar-refractivity contribution in [3.8, 4) is 5.75 Å². The third kappa shape index (κ3) is 4.18. The largest absolute Gasteiger partial charge is 0.482 e. The van der Waals surface area contributed by atoms with Crippen LogP contribution < -0.4 is 9.64 Å². The van der Waals surface area contributed by atoms with Gasteiger partial charge in [-0.3, -0.25) is 0 Å². The molecule has 1 aliphatic heterocycles. The molecule has 1 aromatic rings. The molecule has 0 aliphatic carbocycles. The molecule has 0 radical (unpaired) electrons. The van der Waals surface area contributed by atoms with Crippen LogP contribution in [0.5, 0.6) is 5.75 Å². The maximum absolute atomic E-state index is 12.7. The minimum absolute atomic E-state index is 0.0616. The predicted molar refractivity (Wildman–Crippen MR) is 64.4 cm³/mol. The Labute approximate surface area is 117 Å². The number of halogens is 6. The van der Waals surface area contributed by atoms with E-state index in [1.54, 1.807) is 4.90 Å². The number of hydrogen-bond donors (Lipinski definition) is 0. The molecule has 0 amide bonds. The Bertz CT molecular complexity index is 490. The van der Waals surface area contributed by atoms with Crippen molar-refractivity contribution < 1.29 is 31.1 Å². The average Bonchev–Trinajstić information content (AvgIpc) is 2.87. The van der Waals surface area contributed by atoms with Gasteiger partial charge in [-0.25, -0.2) is 0 Å². The molecule has 0 bridgehead atoms. The summed E-state index contributed by atoms with van der Waals surface area (Å²) < 4.78 is 79.4. The number of rotatable bonds is 3. The minimum Gasteiger partial charge on any atom is -0.482 e. The van der Waals surface area contributed by atoms with Crippen LogP contribution in [0.25, 0.3) is 0 Å². The Kier molecular flexibility index (Phi) is 4.25. The Morgan fingerprint density at radius 1 is 1.00 bits per heavy atom. The molecule has 118 valence electrons. The summed E-state index contributed by atoms with van der Waals surface area (Å²) in [5.74, 6) is -0.178. The van der Waals surface area contributed by atoms with Crippen molar-refractivity contribution in [3.05, 3.63) is 23.8 Å². The molecule has 1 heterocycles. The van der Waals surface area contributed by atoms with Crippen LogP contribution >= 0.6 is 0 Å². The fourth-order valence-corrected chi connectivity index (χ4v) is 2.18. The molecule has 1 aliphatic rings. The highest BCUT2D eigenvalue weighted by Crippen LogP contribution is 2.38. The van der Waals surface area contributed by atoms with Crippen molar-refractivity contribution >= 4 is 5.69 Å². The van der Waals surface area contributed by atoms with Crippen LogP contribution in [0.15, 0.2) is 18.2 Å². The summed E-state index contributed by atoms with van der Waals surface area (Å²) in [4.78, 5) is 1.61. The van der Waals surface area contributed by atoms with Crippen molar-refractivity contribution in [2.24, 2.45) is 0 Å². The lowest BCUT2D eigenvalue weighted by Crippen LogP contribution is -2.23. The van der Waals surface area contributed by atoms with Crippen molar-refractivity contribution in [1.29, 1.82) is 0 Å². The van der Waals surface area contributed by atoms with E-state index in [-0.39, 0.29) is 11.4 Å². The van der Waals surface area contributed by atoms with Gasteiger partial charge in [0.1, 0.15) is 5.75 Å². The summed E-state index contributed by atoms with van der Waals surface area (Å²) in [6.07, 6.45) is -7.51. The van der Waals surface area contributed by atoms with Gasteiger partial charge in [0.05, 0.1) is 11.3 Å². The van der Waals surface area contributed by atoms with E-state index in [4.69, 9.17) is 0 Å². The van der Waals surface area contributed by atoms with Gasteiger partial charge in [0.25, 0.3) is 0 Å². The van der Waals surface area contributed by atoms with Crippen LogP contribution in [0.2, 0.25) is 0 Å². The topological polar surface area (TPSA) is 12.5 Å². The van der Waals surface area contributed by atoms with Gasteiger partial charge in [0, 0.05) is 13.1 Å². The van der Waals surface area contributed by atoms with Crippen molar-refractivity contribution in [1.82, 2.24) is 0 Å². The lowest BCUT2D eigenvalue weighted by molar-refractivity contribution is -0.153. The van der Waals surface area contributed by atoms with E-state index in [1.165, 1.54) is 0 Å². The standard InChI is InChI=1S/C13H13F6NO/c14-12(15,16)8-21-11-4-3-9(13(17,18)19)7-10(11)20-5-1-2-6-20/h3-4,7H,1-2,5-6,8H2. The van der Waals surface area contributed by atoms with Gasteiger partial charge in [-0.1, -0.05) is 0 Å². The van der Waals surface area contributed by atoms with Gasteiger partial charge in [-0.2, -0.15) is 26.3 Å². The van der Waals surface area contributed by atoms with Gasteiger partial charge in [-0.15, -0.1) is 0 Å². The van der Waals surface area contributed by atoms with E-state index in [1.807, 2.05) is 0 Å². The molecule has 0 atom stereocenters. The third-order valence-electron chi connectivity index (χ3n) is 3.12. The van der Waals surface area contributed by atoms with E-state index < -0.39 is 24.5 Å². The second kappa shape index (κ2) is 5.65. The SMILES string of the molecule is FC(F)(F)COc1ccc(C(F)(F)F)cc1N1CCCC1. The lowest BCUT2D eigenvalue weighted by Gasteiger charge is -2.23. The Hall–Kier alpha value is -1.60. The lowest BCUT2D eigenvalue weighted by atomic mass is 10.1.